The number of hydrogen-bond donors (Lipinski definition) is 0. The van der Waals surface area contributed by atoms with Crippen LogP contribution in [0.4, 0.5) is 0 Å². The first-order valence-corrected chi connectivity index (χ1v) is 7.15. The molecule has 0 unspecified atom stereocenters. The fraction of sp³-hybridized carbons (Fsp3) is 0.211. The molecule has 2 aromatic rings. The van der Waals surface area contributed by atoms with Crippen molar-refractivity contribution >= 4 is 11.6 Å². The first kappa shape index (κ1) is 14.9. The molecular weight excluding hydrogens is 258 g/mol. The summed E-state index contributed by atoms with van der Waals surface area (Å²) in [4.78, 5) is 0. The van der Waals surface area contributed by atoms with Crippen LogP contribution in [0.3, 0.4) is 0 Å². The van der Waals surface area contributed by atoms with Crippen LogP contribution < -0.4 is 4.74 Å². The first-order valence-electron chi connectivity index (χ1n) is 7.15. The summed E-state index contributed by atoms with van der Waals surface area (Å²) in [5.74, 6) is 0.819. The summed E-state index contributed by atoms with van der Waals surface area (Å²) in [6.07, 6.45) is 2.84. The fourth-order valence-corrected chi connectivity index (χ4v) is 2.01. The molecule has 0 amide bonds. The van der Waals surface area contributed by atoms with Gasteiger partial charge in [-0.3, -0.25) is 0 Å². The monoisotopic (exact) mass is 277 g/mol. The van der Waals surface area contributed by atoms with Gasteiger partial charge in [-0.25, -0.2) is 0 Å². The molecule has 0 saturated heterocycles. The summed E-state index contributed by atoms with van der Waals surface area (Å²) < 4.78 is 5.73. The molecule has 0 radical (unpaired) electrons. The highest BCUT2D eigenvalue weighted by atomic mass is 16.5. The Hall–Kier alpha value is -2.53. The van der Waals surface area contributed by atoms with Gasteiger partial charge in [-0.2, -0.15) is 5.26 Å². The largest absolute Gasteiger partial charge is 0.493 e. The molecule has 0 atom stereocenters. The van der Waals surface area contributed by atoms with Gasteiger partial charge in [-0.05, 0) is 31.1 Å². The van der Waals surface area contributed by atoms with Crippen molar-refractivity contribution < 1.29 is 4.74 Å². The minimum Gasteiger partial charge on any atom is -0.493 e. The summed E-state index contributed by atoms with van der Waals surface area (Å²) in [5, 5.41) is 9.42. The summed E-state index contributed by atoms with van der Waals surface area (Å²) in [7, 11) is 0. The van der Waals surface area contributed by atoms with E-state index in [1.807, 2.05) is 61.5 Å². The van der Waals surface area contributed by atoms with Crippen molar-refractivity contribution in [2.45, 2.75) is 20.3 Å². The maximum absolute atomic E-state index is 9.42. The van der Waals surface area contributed by atoms with Gasteiger partial charge >= 0.3 is 0 Å². The molecule has 2 rings (SSSR count). The Morgan fingerprint density at radius 1 is 1.14 bits per heavy atom. The van der Waals surface area contributed by atoms with Gasteiger partial charge in [0.05, 0.1) is 18.2 Å². The Morgan fingerprint density at radius 3 is 2.52 bits per heavy atom. The molecule has 0 heterocycles. The molecule has 2 aromatic carbocycles. The van der Waals surface area contributed by atoms with Gasteiger partial charge in [0.25, 0.3) is 0 Å². The highest BCUT2D eigenvalue weighted by Crippen LogP contribution is 2.24. The number of hydrogen-bond acceptors (Lipinski definition) is 2. The van der Waals surface area contributed by atoms with E-state index >= 15 is 0 Å². The van der Waals surface area contributed by atoms with E-state index in [9.17, 15) is 5.26 Å². The molecule has 0 aliphatic heterocycles. The van der Waals surface area contributed by atoms with Gasteiger partial charge in [-0.1, -0.05) is 55.0 Å². The highest BCUT2D eigenvalue weighted by molar-refractivity contribution is 5.90. The zero-order valence-electron chi connectivity index (χ0n) is 12.5. The minimum absolute atomic E-state index is 0.641. The van der Waals surface area contributed by atoms with Gasteiger partial charge in [0.2, 0.25) is 0 Å². The maximum Gasteiger partial charge on any atom is 0.126 e. The van der Waals surface area contributed by atoms with E-state index in [1.165, 1.54) is 5.56 Å². The lowest BCUT2D eigenvalue weighted by atomic mass is 10.0. The van der Waals surface area contributed by atoms with E-state index in [0.717, 1.165) is 23.3 Å². The Balaban J connectivity index is 2.36. The van der Waals surface area contributed by atoms with Gasteiger partial charge in [0.1, 0.15) is 5.75 Å². The number of benzene rings is 2. The lowest BCUT2D eigenvalue weighted by Gasteiger charge is -2.08. The number of nitriles is 1. The molecule has 21 heavy (non-hydrogen) atoms. The molecule has 0 spiro atoms. The molecule has 2 heteroatoms. The van der Waals surface area contributed by atoms with Gasteiger partial charge in [0, 0.05) is 5.56 Å². The predicted octanol–water partition coefficient (Wildman–Crippen LogP) is 4.85. The van der Waals surface area contributed by atoms with Crippen LogP contribution in [0.25, 0.3) is 11.6 Å². The van der Waals surface area contributed by atoms with E-state index in [1.54, 1.807) is 0 Å². The Labute approximate surface area is 126 Å². The SMILES string of the molecule is CCCOc1ccccc1/C=C(\C#N)c1ccc(C)cc1. The minimum atomic E-state index is 0.641. The molecule has 0 aliphatic carbocycles. The maximum atomic E-state index is 9.42. The third kappa shape index (κ3) is 3.97. The van der Waals surface area contributed by atoms with Crippen LogP contribution >= 0.6 is 0 Å². The van der Waals surface area contributed by atoms with Crippen molar-refractivity contribution in [1.29, 1.82) is 5.26 Å². The molecule has 0 N–H and O–H groups in total. The number of ether oxygens (including phenoxy) is 1. The van der Waals surface area contributed by atoms with Crippen LogP contribution in [0.5, 0.6) is 5.75 Å². The lowest BCUT2D eigenvalue weighted by Crippen LogP contribution is -1.96. The molecular formula is C19H19NO. The Morgan fingerprint density at radius 2 is 1.86 bits per heavy atom. The van der Waals surface area contributed by atoms with Crippen molar-refractivity contribution in [3.05, 3.63) is 65.2 Å². The van der Waals surface area contributed by atoms with Crippen molar-refractivity contribution in [3.8, 4) is 11.8 Å². The summed E-state index contributed by atoms with van der Waals surface area (Å²) in [5.41, 5.74) is 3.68. The van der Waals surface area contributed by atoms with E-state index in [4.69, 9.17) is 4.74 Å². The molecule has 0 fully saturated rings. The average Bonchev–Trinajstić information content (AvgIpc) is 2.52. The number of para-hydroxylation sites is 1. The predicted molar refractivity (Wildman–Crippen MR) is 86.9 cm³/mol. The van der Waals surface area contributed by atoms with E-state index in [-0.39, 0.29) is 0 Å². The number of allylic oxidation sites excluding steroid dienone is 1. The van der Waals surface area contributed by atoms with Gasteiger partial charge < -0.3 is 4.74 Å². The molecule has 106 valence electrons. The highest BCUT2D eigenvalue weighted by Gasteiger charge is 2.04. The molecule has 0 bridgehead atoms. The third-order valence-electron chi connectivity index (χ3n) is 3.16. The quantitative estimate of drug-likeness (QED) is 0.578. The molecule has 0 saturated carbocycles. The third-order valence-corrected chi connectivity index (χ3v) is 3.16. The Kier molecular flexibility index (Phi) is 5.17. The second-order valence-electron chi connectivity index (χ2n) is 4.92. The second kappa shape index (κ2) is 7.31. The number of rotatable bonds is 5. The fourth-order valence-electron chi connectivity index (χ4n) is 2.01. The lowest BCUT2D eigenvalue weighted by molar-refractivity contribution is 0.317. The van der Waals surface area contributed by atoms with Crippen LogP contribution in [0.15, 0.2) is 48.5 Å². The molecule has 2 nitrogen and oxygen atoms in total. The van der Waals surface area contributed by atoms with E-state index in [2.05, 4.69) is 13.0 Å². The zero-order valence-corrected chi connectivity index (χ0v) is 12.5. The smallest absolute Gasteiger partial charge is 0.126 e. The van der Waals surface area contributed by atoms with Crippen molar-refractivity contribution in [2.75, 3.05) is 6.61 Å². The van der Waals surface area contributed by atoms with Crippen LogP contribution in [-0.4, -0.2) is 6.61 Å². The van der Waals surface area contributed by atoms with Crippen LogP contribution in [0, 0.1) is 18.3 Å². The summed E-state index contributed by atoms with van der Waals surface area (Å²) in [6, 6.07) is 18.0. The zero-order chi connectivity index (χ0) is 15.1. The van der Waals surface area contributed by atoms with Crippen LogP contribution in [0.2, 0.25) is 0 Å². The number of aryl methyl sites for hydroxylation is 1. The standard InChI is InChI=1S/C19H19NO/c1-3-12-21-19-7-5-4-6-17(19)13-18(14-20)16-10-8-15(2)9-11-16/h4-11,13H,3,12H2,1-2H3/b18-13+. The molecule has 0 aliphatic rings. The van der Waals surface area contributed by atoms with Crippen molar-refractivity contribution in [2.24, 2.45) is 0 Å². The average molecular weight is 277 g/mol. The number of nitrogens with zero attached hydrogens (tertiary/aromatic N) is 1. The second-order valence-corrected chi connectivity index (χ2v) is 4.92. The first-order chi connectivity index (χ1) is 10.2. The van der Waals surface area contributed by atoms with Gasteiger partial charge in [-0.15, -0.1) is 0 Å². The Bertz CT molecular complexity index is 663. The topological polar surface area (TPSA) is 33.0 Å². The van der Waals surface area contributed by atoms with Gasteiger partial charge in [0.15, 0.2) is 0 Å². The molecule has 0 aromatic heterocycles. The summed E-state index contributed by atoms with van der Waals surface area (Å²) in [6.45, 7) is 4.79. The van der Waals surface area contributed by atoms with E-state index < -0.39 is 0 Å². The summed E-state index contributed by atoms with van der Waals surface area (Å²) >= 11 is 0. The van der Waals surface area contributed by atoms with Crippen molar-refractivity contribution in [3.63, 3.8) is 0 Å². The van der Waals surface area contributed by atoms with Crippen LogP contribution in [-0.2, 0) is 0 Å². The van der Waals surface area contributed by atoms with E-state index in [0.29, 0.717) is 12.2 Å². The van der Waals surface area contributed by atoms with Crippen molar-refractivity contribution in [1.82, 2.24) is 0 Å². The van der Waals surface area contributed by atoms with Crippen LogP contribution in [0.1, 0.15) is 30.0 Å². The normalized spacial score (nSPS) is 11.0.